The van der Waals surface area contributed by atoms with Gasteiger partial charge in [0, 0.05) is 36.1 Å². The van der Waals surface area contributed by atoms with E-state index in [0.717, 1.165) is 30.5 Å². The van der Waals surface area contributed by atoms with Gasteiger partial charge in [0.15, 0.2) is 21.5 Å². The maximum atomic E-state index is 15.0. The third kappa shape index (κ3) is 7.86. The number of sulfone groups is 1. The van der Waals surface area contributed by atoms with Gasteiger partial charge in [0.25, 0.3) is 0 Å². The third-order valence-electron chi connectivity index (χ3n) is 6.26. The zero-order chi connectivity index (χ0) is 34.2. The Morgan fingerprint density at radius 2 is 1.67 bits per heavy atom. The highest BCUT2D eigenvalue weighted by Crippen LogP contribution is 2.41. The van der Waals surface area contributed by atoms with Crippen LogP contribution in [-0.2, 0) is 16.4 Å². The molecule has 0 aliphatic carbocycles. The largest absolute Gasteiger partial charge is 0.573 e. The standard InChI is InChI=1S/C29H21ClF7N3O5S/c1-14-40-25(15-3-6-18(7-4-15)45-29(35,36)37)26(44-14)19-9-16(5-8-23(19)39-12-21(30)27(38)28(32,33)34)17-10-22(31)20(13-41)24(11-17)46(2,42)43/h3-12,41H,13,38H2,1-2H3. The maximum Gasteiger partial charge on any atom is 0.573 e. The highest BCUT2D eigenvalue weighted by molar-refractivity contribution is 7.90. The molecule has 0 saturated heterocycles. The minimum Gasteiger partial charge on any atom is -0.440 e. The van der Waals surface area contributed by atoms with E-state index in [9.17, 15) is 44.3 Å². The van der Waals surface area contributed by atoms with Gasteiger partial charge < -0.3 is 20.0 Å². The Morgan fingerprint density at radius 1 is 1.04 bits per heavy atom. The molecule has 4 aromatic rings. The van der Waals surface area contributed by atoms with E-state index >= 15 is 0 Å². The molecule has 3 aromatic carbocycles. The van der Waals surface area contributed by atoms with Crippen LogP contribution < -0.4 is 10.5 Å². The Kier molecular flexibility index (Phi) is 9.57. The molecule has 0 unspecified atom stereocenters. The van der Waals surface area contributed by atoms with Crippen LogP contribution in [0.25, 0.3) is 33.7 Å². The van der Waals surface area contributed by atoms with Gasteiger partial charge >= 0.3 is 12.5 Å². The van der Waals surface area contributed by atoms with Crippen LogP contribution in [0.4, 0.5) is 36.4 Å². The van der Waals surface area contributed by atoms with Gasteiger partial charge in [-0.05, 0) is 59.7 Å². The van der Waals surface area contributed by atoms with E-state index in [-0.39, 0.29) is 45.3 Å². The number of aliphatic hydroxyl groups excluding tert-OH is 1. The van der Waals surface area contributed by atoms with Crippen LogP contribution >= 0.6 is 11.6 Å². The molecule has 0 aliphatic rings. The maximum absolute atomic E-state index is 15.0. The second-order valence-corrected chi connectivity index (χ2v) is 12.0. The number of nitrogens with zero attached hydrogens (tertiary/aromatic N) is 2. The summed E-state index contributed by atoms with van der Waals surface area (Å²) in [7, 11) is -4.02. The molecule has 1 heterocycles. The van der Waals surface area contributed by atoms with Crippen molar-refractivity contribution in [2.24, 2.45) is 10.7 Å². The van der Waals surface area contributed by atoms with Crippen LogP contribution in [-0.4, -0.2) is 43.5 Å². The van der Waals surface area contributed by atoms with E-state index < -0.39 is 61.7 Å². The molecule has 0 radical (unpaired) electrons. The first kappa shape index (κ1) is 34.5. The van der Waals surface area contributed by atoms with Gasteiger partial charge in [0.05, 0.1) is 22.2 Å². The first-order valence-corrected chi connectivity index (χ1v) is 14.9. The molecular formula is C29H21ClF7N3O5S. The average molecular weight is 692 g/mol. The van der Waals surface area contributed by atoms with Crippen molar-refractivity contribution in [1.82, 2.24) is 4.98 Å². The van der Waals surface area contributed by atoms with Gasteiger partial charge in [-0.2, -0.15) is 13.2 Å². The lowest BCUT2D eigenvalue weighted by Gasteiger charge is -2.13. The average Bonchev–Trinajstić information content (AvgIpc) is 3.34. The third-order valence-corrected chi connectivity index (χ3v) is 7.73. The fourth-order valence-corrected chi connectivity index (χ4v) is 5.33. The Bertz CT molecular complexity index is 1950. The lowest BCUT2D eigenvalue weighted by Crippen LogP contribution is -2.20. The SMILES string of the molecule is Cc1nc(-c2ccc(OC(F)(F)F)cc2)c(-c2cc(-c3cc(F)c(CO)c(S(C)(=O)=O)c3)ccc2N=CC(Cl)=C(N)C(F)(F)F)o1. The number of allylic oxidation sites excluding steroid dienone is 2. The van der Waals surface area contributed by atoms with Gasteiger partial charge in [-0.1, -0.05) is 17.7 Å². The molecule has 0 bridgehead atoms. The molecular weight excluding hydrogens is 671 g/mol. The topological polar surface area (TPSA) is 128 Å². The number of halogens is 8. The number of aromatic nitrogens is 1. The molecule has 0 saturated carbocycles. The fourth-order valence-electron chi connectivity index (χ4n) is 4.22. The summed E-state index contributed by atoms with van der Waals surface area (Å²) in [6.07, 6.45) is -8.45. The number of rotatable bonds is 8. The summed E-state index contributed by atoms with van der Waals surface area (Å²) in [5.74, 6) is -1.54. The van der Waals surface area contributed by atoms with Gasteiger partial charge in [-0.3, -0.25) is 4.99 Å². The predicted octanol–water partition coefficient (Wildman–Crippen LogP) is 7.59. The van der Waals surface area contributed by atoms with E-state index in [4.69, 9.17) is 21.8 Å². The molecule has 4 rings (SSSR count). The highest BCUT2D eigenvalue weighted by Gasteiger charge is 2.34. The Hall–Kier alpha value is -4.41. The van der Waals surface area contributed by atoms with Gasteiger partial charge in [-0.15, -0.1) is 13.2 Å². The number of oxazole rings is 1. The lowest BCUT2D eigenvalue weighted by molar-refractivity contribution is -0.274. The Morgan fingerprint density at radius 3 is 2.24 bits per heavy atom. The van der Waals surface area contributed by atoms with Crippen LogP contribution in [0.5, 0.6) is 5.75 Å². The van der Waals surface area contributed by atoms with Crippen molar-refractivity contribution in [3.05, 3.63) is 82.6 Å². The van der Waals surface area contributed by atoms with Gasteiger partial charge in [-0.25, -0.2) is 17.8 Å². The highest BCUT2D eigenvalue weighted by atomic mass is 35.5. The Labute approximate surface area is 261 Å². The fraction of sp³-hybridized carbons (Fsp3) is 0.172. The quantitative estimate of drug-likeness (QED) is 0.144. The molecule has 0 amide bonds. The zero-order valence-corrected chi connectivity index (χ0v) is 25.0. The number of aliphatic hydroxyl groups is 1. The van der Waals surface area contributed by atoms with Crippen molar-refractivity contribution >= 4 is 33.3 Å². The molecule has 46 heavy (non-hydrogen) atoms. The van der Waals surface area contributed by atoms with Crippen LogP contribution in [0.2, 0.25) is 0 Å². The number of hydrogen-bond donors (Lipinski definition) is 2. The summed E-state index contributed by atoms with van der Waals surface area (Å²) < 4.78 is 127. The van der Waals surface area contributed by atoms with E-state index in [1.165, 1.54) is 37.3 Å². The summed E-state index contributed by atoms with van der Waals surface area (Å²) in [6, 6.07) is 10.6. The summed E-state index contributed by atoms with van der Waals surface area (Å²) >= 11 is 5.73. The second-order valence-electron chi connectivity index (χ2n) is 9.60. The predicted molar refractivity (Wildman–Crippen MR) is 154 cm³/mol. The van der Waals surface area contributed by atoms with Crippen LogP contribution in [0.3, 0.4) is 0 Å². The van der Waals surface area contributed by atoms with E-state index in [0.29, 0.717) is 6.21 Å². The first-order valence-electron chi connectivity index (χ1n) is 12.7. The van der Waals surface area contributed by atoms with Crippen molar-refractivity contribution in [1.29, 1.82) is 0 Å². The number of aryl methyl sites for hydroxylation is 1. The monoisotopic (exact) mass is 691 g/mol. The molecule has 0 aliphatic heterocycles. The van der Waals surface area contributed by atoms with Crippen molar-refractivity contribution in [2.45, 2.75) is 31.0 Å². The second kappa shape index (κ2) is 12.8. The van der Waals surface area contributed by atoms with Crippen molar-refractivity contribution in [3.63, 3.8) is 0 Å². The van der Waals surface area contributed by atoms with Gasteiger partial charge in [0.2, 0.25) is 0 Å². The summed E-state index contributed by atoms with van der Waals surface area (Å²) in [6.45, 7) is 0.544. The van der Waals surface area contributed by atoms with E-state index in [2.05, 4.69) is 14.7 Å². The molecule has 17 heteroatoms. The normalized spacial score (nSPS) is 13.3. The number of alkyl halides is 6. The van der Waals surface area contributed by atoms with Crippen LogP contribution in [0.15, 0.2) is 79.6 Å². The zero-order valence-electron chi connectivity index (χ0n) is 23.5. The van der Waals surface area contributed by atoms with Crippen molar-refractivity contribution < 1.29 is 53.4 Å². The molecule has 0 atom stereocenters. The van der Waals surface area contributed by atoms with E-state index in [1.54, 1.807) is 0 Å². The Balaban J connectivity index is 1.95. The molecule has 0 spiro atoms. The van der Waals surface area contributed by atoms with Gasteiger partial charge in [0.1, 0.15) is 23.0 Å². The number of hydrogen-bond acceptors (Lipinski definition) is 8. The summed E-state index contributed by atoms with van der Waals surface area (Å²) in [5, 5.41) is 8.62. The van der Waals surface area contributed by atoms with Crippen LogP contribution in [0, 0.1) is 12.7 Å². The number of aliphatic imine (C=N–C) groups is 1. The molecule has 0 fully saturated rings. The minimum atomic E-state index is -4.96. The number of benzene rings is 3. The first-order chi connectivity index (χ1) is 21.3. The lowest BCUT2D eigenvalue weighted by atomic mass is 9.97. The molecule has 8 nitrogen and oxygen atoms in total. The smallest absolute Gasteiger partial charge is 0.440 e. The van der Waals surface area contributed by atoms with Crippen molar-refractivity contribution in [3.8, 4) is 39.5 Å². The van der Waals surface area contributed by atoms with E-state index in [1.807, 2.05) is 0 Å². The molecule has 1 aromatic heterocycles. The number of ether oxygens (including phenoxy) is 1. The van der Waals surface area contributed by atoms with Crippen LogP contribution in [0.1, 0.15) is 11.5 Å². The van der Waals surface area contributed by atoms with Crippen molar-refractivity contribution in [2.75, 3.05) is 6.26 Å². The number of nitrogens with two attached hydrogens (primary N) is 1. The molecule has 3 N–H and O–H groups in total. The summed E-state index contributed by atoms with van der Waals surface area (Å²) in [4.78, 5) is 7.83. The minimum absolute atomic E-state index is 0.0255. The molecule has 244 valence electrons. The summed E-state index contributed by atoms with van der Waals surface area (Å²) in [5.41, 5.74) is 3.45.